The fourth-order valence-corrected chi connectivity index (χ4v) is 1.66. The van der Waals surface area contributed by atoms with Crippen molar-refractivity contribution in [2.75, 3.05) is 13.7 Å². The standard InChI is InChI=1S/C16H24O3/c1-13-6-5-7-15(12-13)19-11-9-14(17)8-10-16(2,3)18-4/h5-7,12H,8-11H2,1-4H3. The Balaban J connectivity index is 2.24. The number of aryl methyl sites for hydroxylation is 1. The second kappa shape index (κ2) is 7.29. The number of benzene rings is 1. The summed E-state index contributed by atoms with van der Waals surface area (Å²) in [5.41, 5.74) is 0.929. The number of methoxy groups -OCH3 is 1. The van der Waals surface area contributed by atoms with Gasteiger partial charge in [0, 0.05) is 20.0 Å². The Morgan fingerprint density at radius 3 is 2.63 bits per heavy atom. The average Bonchev–Trinajstić information content (AvgIpc) is 2.37. The first-order valence-electron chi connectivity index (χ1n) is 6.69. The van der Waals surface area contributed by atoms with Gasteiger partial charge in [-0.05, 0) is 44.9 Å². The van der Waals surface area contributed by atoms with Gasteiger partial charge in [0.2, 0.25) is 0 Å². The Hall–Kier alpha value is -1.35. The van der Waals surface area contributed by atoms with Crippen LogP contribution in [0, 0.1) is 6.92 Å². The Morgan fingerprint density at radius 2 is 2.00 bits per heavy atom. The first-order chi connectivity index (χ1) is 8.93. The van der Waals surface area contributed by atoms with E-state index in [2.05, 4.69) is 0 Å². The normalized spacial score (nSPS) is 11.4. The zero-order valence-corrected chi connectivity index (χ0v) is 12.4. The zero-order valence-electron chi connectivity index (χ0n) is 12.4. The molecule has 3 heteroatoms. The summed E-state index contributed by atoms with van der Waals surface area (Å²) in [7, 11) is 1.67. The molecule has 0 heterocycles. The molecular formula is C16H24O3. The number of ether oxygens (including phenoxy) is 2. The molecule has 0 aliphatic rings. The topological polar surface area (TPSA) is 35.5 Å². The van der Waals surface area contributed by atoms with Crippen molar-refractivity contribution in [2.24, 2.45) is 0 Å². The summed E-state index contributed by atoms with van der Waals surface area (Å²) in [6, 6.07) is 7.85. The maximum absolute atomic E-state index is 11.7. The van der Waals surface area contributed by atoms with Crippen LogP contribution in [-0.4, -0.2) is 25.1 Å². The monoisotopic (exact) mass is 264 g/mol. The quantitative estimate of drug-likeness (QED) is 0.720. The molecular weight excluding hydrogens is 240 g/mol. The SMILES string of the molecule is COC(C)(C)CCC(=O)CCOc1cccc(C)c1. The van der Waals surface area contributed by atoms with Crippen LogP contribution in [-0.2, 0) is 9.53 Å². The number of Topliss-reactive ketones (excluding diaryl/α,β-unsaturated/α-hetero) is 1. The number of rotatable bonds is 8. The van der Waals surface area contributed by atoms with Crippen LogP contribution >= 0.6 is 0 Å². The summed E-state index contributed by atoms with van der Waals surface area (Å²) in [5.74, 6) is 1.04. The van der Waals surface area contributed by atoms with Gasteiger partial charge in [0.05, 0.1) is 12.2 Å². The number of carbonyl (C=O) groups excluding carboxylic acids is 1. The third kappa shape index (κ3) is 6.39. The molecule has 1 aromatic rings. The molecule has 0 saturated heterocycles. The summed E-state index contributed by atoms with van der Waals surface area (Å²) < 4.78 is 10.9. The van der Waals surface area contributed by atoms with Crippen molar-refractivity contribution < 1.29 is 14.3 Å². The van der Waals surface area contributed by atoms with E-state index in [4.69, 9.17) is 9.47 Å². The number of hydrogen-bond acceptors (Lipinski definition) is 3. The molecule has 0 atom stereocenters. The fraction of sp³-hybridized carbons (Fsp3) is 0.562. The Bertz CT molecular complexity index is 410. The maximum Gasteiger partial charge on any atom is 0.136 e. The predicted molar refractivity (Wildman–Crippen MR) is 76.6 cm³/mol. The van der Waals surface area contributed by atoms with Gasteiger partial charge in [-0.3, -0.25) is 4.79 Å². The lowest BCUT2D eigenvalue weighted by atomic mass is 10.00. The van der Waals surface area contributed by atoms with Crippen molar-refractivity contribution in [2.45, 2.75) is 45.6 Å². The van der Waals surface area contributed by atoms with Gasteiger partial charge in [0.15, 0.2) is 0 Å². The van der Waals surface area contributed by atoms with Crippen molar-refractivity contribution in [3.8, 4) is 5.75 Å². The lowest BCUT2D eigenvalue weighted by molar-refractivity contribution is -0.120. The Morgan fingerprint density at radius 1 is 1.26 bits per heavy atom. The van der Waals surface area contributed by atoms with Crippen molar-refractivity contribution >= 4 is 5.78 Å². The first kappa shape index (κ1) is 15.7. The summed E-state index contributed by atoms with van der Waals surface area (Å²) in [6.45, 7) is 6.44. The smallest absolute Gasteiger partial charge is 0.136 e. The van der Waals surface area contributed by atoms with Gasteiger partial charge in [0.1, 0.15) is 11.5 Å². The highest BCUT2D eigenvalue weighted by Crippen LogP contribution is 2.16. The summed E-state index contributed by atoms with van der Waals surface area (Å²) in [5, 5.41) is 0. The third-order valence-electron chi connectivity index (χ3n) is 3.20. The van der Waals surface area contributed by atoms with Gasteiger partial charge in [-0.25, -0.2) is 0 Å². The highest BCUT2D eigenvalue weighted by atomic mass is 16.5. The molecule has 0 spiro atoms. The molecule has 0 aliphatic heterocycles. The van der Waals surface area contributed by atoms with Crippen LogP contribution < -0.4 is 4.74 Å². The number of ketones is 1. The van der Waals surface area contributed by atoms with Crippen molar-refractivity contribution in [3.63, 3.8) is 0 Å². The Kier molecular flexibility index (Phi) is 6.03. The van der Waals surface area contributed by atoms with Gasteiger partial charge in [-0.1, -0.05) is 12.1 Å². The van der Waals surface area contributed by atoms with E-state index in [9.17, 15) is 4.79 Å². The van der Waals surface area contributed by atoms with E-state index < -0.39 is 0 Å². The van der Waals surface area contributed by atoms with Crippen LogP contribution in [0.5, 0.6) is 5.75 Å². The fourth-order valence-electron chi connectivity index (χ4n) is 1.66. The van der Waals surface area contributed by atoms with E-state index in [-0.39, 0.29) is 11.4 Å². The molecule has 0 unspecified atom stereocenters. The zero-order chi connectivity index (χ0) is 14.3. The van der Waals surface area contributed by atoms with Crippen LogP contribution in [0.25, 0.3) is 0 Å². The molecule has 106 valence electrons. The predicted octanol–water partition coefficient (Wildman–Crippen LogP) is 3.54. The second-order valence-corrected chi connectivity index (χ2v) is 5.42. The van der Waals surface area contributed by atoms with Crippen LogP contribution in [0.1, 0.15) is 38.7 Å². The molecule has 0 N–H and O–H groups in total. The highest BCUT2D eigenvalue weighted by molar-refractivity contribution is 5.78. The van der Waals surface area contributed by atoms with E-state index in [1.54, 1.807) is 7.11 Å². The molecule has 0 aromatic heterocycles. The molecule has 3 nitrogen and oxygen atoms in total. The third-order valence-corrected chi connectivity index (χ3v) is 3.20. The maximum atomic E-state index is 11.7. The molecule has 19 heavy (non-hydrogen) atoms. The molecule has 0 radical (unpaired) electrons. The van der Waals surface area contributed by atoms with Gasteiger partial charge >= 0.3 is 0 Å². The van der Waals surface area contributed by atoms with Crippen LogP contribution in [0.3, 0.4) is 0 Å². The van der Waals surface area contributed by atoms with Crippen LogP contribution in [0.15, 0.2) is 24.3 Å². The number of carbonyl (C=O) groups is 1. The lowest BCUT2D eigenvalue weighted by Gasteiger charge is -2.22. The minimum atomic E-state index is -0.229. The van der Waals surface area contributed by atoms with Crippen LogP contribution in [0.4, 0.5) is 0 Å². The van der Waals surface area contributed by atoms with E-state index in [0.29, 0.717) is 19.4 Å². The number of hydrogen-bond donors (Lipinski definition) is 0. The Labute approximate surface area is 115 Å². The molecule has 0 aliphatic carbocycles. The van der Waals surface area contributed by atoms with Crippen LogP contribution in [0.2, 0.25) is 0 Å². The minimum absolute atomic E-state index is 0.220. The molecule has 0 amide bonds. The van der Waals surface area contributed by atoms with Crippen molar-refractivity contribution in [1.29, 1.82) is 0 Å². The van der Waals surface area contributed by atoms with Gasteiger partial charge in [-0.2, -0.15) is 0 Å². The van der Waals surface area contributed by atoms with E-state index >= 15 is 0 Å². The molecule has 0 saturated carbocycles. The molecule has 0 fully saturated rings. The van der Waals surface area contributed by atoms with E-state index in [0.717, 1.165) is 17.7 Å². The van der Waals surface area contributed by atoms with Gasteiger partial charge in [-0.15, -0.1) is 0 Å². The molecule has 1 rings (SSSR count). The van der Waals surface area contributed by atoms with Crippen molar-refractivity contribution in [1.82, 2.24) is 0 Å². The first-order valence-corrected chi connectivity index (χ1v) is 6.69. The van der Waals surface area contributed by atoms with E-state index in [1.165, 1.54) is 0 Å². The largest absolute Gasteiger partial charge is 0.493 e. The highest BCUT2D eigenvalue weighted by Gasteiger charge is 2.17. The lowest BCUT2D eigenvalue weighted by Crippen LogP contribution is -2.23. The van der Waals surface area contributed by atoms with Gasteiger partial charge < -0.3 is 9.47 Å². The average molecular weight is 264 g/mol. The van der Waals surface area contributed by atoms with Gasteiger partial charge in [0.25, 0.3) is 0 Å². The minimum Gasteiger partial charge on any atom is -0.493 e. The summed E-state index contributed by atoms with van der Waals surface area (Å²) in [6.07, 6.45) is 1.73. The summed E-state index contributed by atoms with van der Waals surface area (Å²) >= 11 is 0. The summed E-state index contributed by atoms with van der Waals surface area (Å²) in [4.78, 5) is 11.7. The molecule has 1 aromatic carbocycles. The molecule has 0 bridgehead atoms. The van der Waals surface area contributed by atoms with Crippen molar-refractivity contribution in [3.05, 3.63) is 29.8 Å². The second-order valence-electron chi connectivity index (χ2n) is 5.42. The van der Waals surface area contributed by atoms with E-state index in [1.807, 2.05) is 45.0 Å².